The number of nitrogens with zero attached hydrogens (tertiary/aromatic N) is 2. The van der Waals surface area contributed by atoms with Crippen LogP contribution in [0.3, 0.4) is 0 Å². The van der Waals surface area contributed by atoms with Gasteiger partial charge in [0.15, 0.2) is 0 Å². The molecular formula is C13H12N4O. The third kappa shape index (κ3) is 1.48. The number of aromatic nitrogens is 3. The minimum atomic E-state index is -0.174. The molecule has 3 rings (SSSR count). The number of anilines is 1. The van der Waals surface area contributed by atoms with Crippen LogP contribution in [0.25, 0.3) is 10.9 Å². The number of benzene rings is 1. The number of nitrogens with two attached hydrogens (primary N) is 1. The molecule has 0 atom stereocenters. The Kier molecular flexibility index (Phi) is 2.19. The fourth-order valence-electron chi connectivity index (χ4n) is 1.94. The van der Waals surface area contributed by atoms with Crippen LogP contribution in [0.4, 0.5) is 5.69 Å². The van der Waals surface area contributed by atoms with Gasteiger partial charge in [-0.2, -0.15) is 9.78 Å². The average Bonchev–Trinajstić information content (AvgIpc) is 2.96. The minimum Gasteiger partial charge on any atom is -0.396 e. The second kappa shape index (κ2) is 3.73. The number of H-pyrrole nitrogens is 1. The van der Waals surface area contributed by atoms with Gasteiger partial charge in [0.05, 0.1) is 17.6 Å². The molecule has 0 bridgehead atoms. The van der Waals surface area contributed by atoms with Crippen molar-refractivity contribution in [3.05, 3.63) is 47.9 Å². The predicted octanol–water partition coefficient (Wildman–Crippen LogP) is 1.94. The second-order valence-electron chi connectivity index (χ2n) is 4.18. The van der Waals surface area contributed by atoms with Crippen molar-refractivity contribution >= 4 is 22.5 Å². The molecule has 5 heteroatoms. The Bertz CT molecular complexity index is 738. The molecule has 3 N–H and O–H groups in total. The highest BCUT2D eigenvalue weighted by molar-refractivity contribution is 5.99. The van der Waals surface area contributed by atoms with E-state index in [1.54, 1.807) is 13.0 Å². The number of hydrogen-bond donors (Lipinski definition) is 2. The third-order valence-corrected chi connectivity index (χ3v) is 3.04. The van der Waals surface area contributed by atoms with Gasteiger partial charge in [-0.3, -0.25) is 4.79 Å². The summed E-state index contributed by atoms with van der Waals surface area (Å²) in [6.07, 6.45) is 3.33. The van der Waals surface area contributed by atoms with E-state index in [-0.39, 0.29) is 5.91 Å². The van der Waals surface area contributed by atoms with Crippen molar-refractivity contribution in [2.75, 3.05) is 5.73 Å². The van der Waals surface area contributed by atoms with Gasteiger partial charge in [-0.1, -0.05) is 0 Å². The first-order valence-corrected chi connectivity index (χ1v) is 5.59. The van der Waals surface area contributed by atoms with E-state index in [1.807, 2.05) is 24.4 Å². The molecule has 3 aromatic rings. The summed E-state index contributed by atoms with van der Waals surface area (Å²) < 4.78 is 1.32. The van der Waals surface area contributed by atoms with Crippen molar-refractivity contribution in [2.45, 2.75) is 6.92 Å². The number of fused-ring (bicyclic) bond motifs is 1. The first-order valence-electron chi connectivity index (χ1n) is 5.59. The van der Waals surface area contributed by atoms with Gasteiger partial charge in [0.1, 0.15) is 0 Å². The quantitative estimate of drug-likeness (QED) is 0.682. The van der Waals surface area contributed by atoms with Crippen LogP contribution < -0.4 is 5.73 Å². The normalized spacial score (nSPS) is 10.9. The van der Waals surface area contributed by atoms with E-state index >= 15 is 0 Å². The zero-order chi connectivity index (χ0) is 12.7. The van der Waals surface area contributed by atoms with Gasteiger partial charge < -0.3 is 10.7 Å². The van der Waals surface area contributed by atoms with E-state index in [0.29, 0.717) is 16.9 Å². The van der Waals surface area contributed by atoms with E-state index in [2.05, 4.69) is 10.1 Å². The summed E-state index contributed by atoms with van der Waals surface area (Å²) in [6, 6.07) is 7.42. The Balaban J connectivity index is 2.08. The van der Waals surface area contributed by atoms with Gasteiger partial charge in [-0.05, 0) is 31.2 Å². The summed E-state index contributed by atoms with van der Waals surface area (Å²) in [7, 11) is 0. The van der Waals surface area contributed by atoms with E-state index < -0.39 is 0 Å². The molecule has 2 aromatic heterocycles. The van der Waals surface area contributed by atoms with E-state index in [0.717, 1.165) is 10.9 Å². The molecule has 18 heavy (non-hydrogen) atoms. The Morgan fingerprint density at radius 3 is 2.94 bits per heavy atom. The number of carbonyl (C=O) groups excluding carboxylic acids is 1. The van der Waals surface area contributed by atoms with Crippen LogP contribution in [0, 0.1) is 6.92 Å². The van der Waals surface area contributed by atoms with Crippen molar-refractivity contribution in [1.82, 2.24) is 14.8 Å². The number of aromatic amines is 1. The maximum absolute atomic E-state index is 12.3. The summed E-state index contributed by atoms with van der Waals surface area (Å²) in [6.45, 7) is 1.77. The van der Waals surface area contributed by atoms with Crippen LogP contribution in [-0.2, 0) is 0 Å². The summed E-state index contributed by atoms with van der Waals surface area (Å²) in [5.41, 5.74) is 8.46. The van der Waals surface area contributed by atoms with Gasteiger partial charge in [0.2, 0.25) is 0 Å². The average molecular weight is 240 g/mol. The second-order valence-corrected chi connectivity index (χ2v) is 4.18. The molecule has 0 saturated heterocycles. The molecule has 0 amide bonds. The first kappa shape index (κ1) is 10.6. The van der Waals surface area contributed by atoms with E-state index in [1.165, 1.54) is 10.9 Å². The van der Waals surface area contributed by atoms with Gasteiger partial charge in [-0.15, -0.1) is 0 Å². The third-order valence-electron chi connectivity index (χ3n) is 3.04. The molecule has 1 aromatic carbocycles. The molecule has 0 fully saturated rings. The SMILES string of the molecule is Cc1c(N)cnn1C(=O)c1ccc2[nH]ccc2c1. The van der Waals surface area contributed by atoms with Crippen LogP contribution >= 0.6 is 0 Å². The number of nitrogens with one attached hydrogen (secondary N) is 1. The molecule has 0 aliphatic carbocycles. The Hall–Kier alpha value is -2.56. The molecule has 0 saturated carbocycles. The number of hydrogen-bond acceptors (Lipinski definition) is 3. The lowest BCUT2D eigenvalue weighted by atomic mass is 10.1. The fraction of sp³-hybridized carbons (Fsp3) is 0.0769. The first-order chi connectivity index (χ1) is 8.66. The van der Waals surface area contributed by atoms with Crippen LogP contribution in [0.1, 0.15) is 16.1 Å². The Morgan fingerprint density at radius 1 is 1.39 bits per heavy atom. The monoisotopic (exact) mass is 240 g/mol. The lowest BCUT2D eigenvalue weighted by Gasteiger charge is -2.03. The van der Waals surface area contributed by atoms with Crippen LogP contribution in [0.15, 0.2) is 36.7 Å². The topological polar surface area (TPSA) is 76.7 Å². The van der Waals surface area contributed by atoms with Crippen molar-refractivity contribution in [2.24, 2.45) is 0 Å². The fourth-order valence-corrected chi connectivity index (χ4v) is 1.94. The van der Waals surface area contributed by atoms with E-state index in [4.69, 9.17) is 5.73 Å². The van der Waals surface area contributed by atoms with Crippen molar-refractivity contribution < 1.29 is 4.79 Å². The maximum atomic E-state index is 12.3. The summed E-state index contributed by atoms with van der Waals surface area (Å²) in [5.74, 6) is -0.174. The summed E-state index contributed by atoms with van der Waals surface area (Å²) in [4.78, 5) is 15.4. The molecular weight excluding hydrogens is 228 g/mol. The molecule has 0 unspecified atom stereocenters. The van der Waals surface area contributed by atoms with E-state index in [9.17, 15) is 4.79 Å². The highest BCUT2D eigenvalue weighted by atomic mass is 16.2. The summed E-state index contributed by atoms with van der Waals surface area (Å²) in [5, 5.41) is 4.99. The van der Waals surface area contributed by atoms with Crippen molar-refractivity contribution in [3.8, 4) is 0 Å². The number of rotatable bonds is 1. The molecule has 0 spiro atoms. The highest BCUT2D eigenvalue weighted by Gasteiger charge is 2.13. The zero-order valence-corrected chi connectivity index (χ0v) is 9.84. The summed E-state index contributed by atoms with van der Waals surface area (Å²) >= 11 is 0. The molecule has 2 heterocycles. The number of carbonyl (C=O) groups is 1. The lowest BCUT2D eigenvalue weighted by molar-refractivity contribution is 0.0943. The van der Waals surface area contributed by atoms with Gasteiger partial charge >= 0.3 is 0 Å². The standard InChI is InChI=1S/C13H12N4O/c1-8-11(14)7-16-17(8)13(18)10-2-3-12-9(6-10)4-5-15-12/h2-7,15H,14H2,1H3. The van der Waals surface area contributed by atoms with Gasteiger partial charge in [-0.25, -0.2) is 0 Å². The molecule has 90 valence electrons. The molecule has 0 aliphatic rings. The Labute approximate surface area is 103 Å². The zero-order valence-electron chi connectivity index (χ0n) is 9.84. The van der Waals surface area contributed by atoms with Gasteiger partial charge in [0.25, 0.3) is 5.91 Å². The maximum Gasteiger partial charge on any atom is 0.278 e. The molecule has 0 radical (unpaired) electrons. The largest absolute Gasteiger partial charge is 0.396 e. The highest BCUT2D eigenvalue weighted by Crippen LogP contribution is 2.16. The molecule has 5 nitrogen and oxygen atoms in total. The minimum absolute atomic E-state index is 0.174. The predicted molar refractivity (Wildman–Crippen MR) is 69.4 cm³/mol. The van der Waals surface area contributed by atoms with Crippen molar-refractivity contribution in [3.63, 3.8) is 0 Å². The number of nitrogen functional groups attached to an aromatic ring is 1. The molecule has 0 aliphatic heterocycles. The van der Waals surface area contributed by atoms with Gasteiger partial charge in [0, 0.05) is 22.7 Å². The van der Waals surface area contributed by atoms with Crippen LogP contribution in [0.2, 0.25) is 0 Å². The van der Waals surface area contributed by atoms with Crippen molar-refractivity contribution in [1.29, 1.82) is 0 Å². The van der Waals surface area contributed by atoms with Crippen LogP contribution in [0.5, 0.6) is 0 Å². The lowest BCUT2D eigenvalue weighted by Crippen LogP contribution is -2.15. The van der Waals surface area contributed by atoms with Crippen LogP contribution in [-0.4, -0.2) is 20.7 Å². The Morgan fingerprint density at radius 2 is 2.22 bits per heavy atom. The smallest absolute Gasteiger partial charge is 0.278 e.